The smallest absolute Gasteiger partial charge is 0.178 e. The molecule has 1 N–H and O–H groups in total. The Labute approximate surface area is 174 Å². The van der Waals surface area contributed by atoms with Gasteiger partial charge in [0.15, 0.2) is 11.9 Å². The number of nitrogens with one attached hydrogen (secondary N) is 1. The summed E-state index contributed by atoms with van der Waals surface area (Å²) in [6, 6.07) is 29.5. The Morgan fingerprint density at radius 3 is 2.03 bits per heavy atom. The molecule has 4 aromatic rings. The van der Waals surface area contributed by atoms with Crippen molar-refractivity contribution in [2.45, 2.75) is 6.10 Å². The van der Waals surface area contributed by atoms with Gasteiger partial charge in [0.2, 0.25) is 0 Å². The lowest BCUT2D eigenvalue weighted by Crippen LogP contribution is -2.27. The molecule has 0 saturated heterocycles. The molecule has 2 unspecified atom stereocenters. The zero-order valence-corrected chi connectivity index (χ0v) is 16.2. The van der Waals surface area contributed by atoms with Crippen molar-refractivity contribution in [3.05, 3.63) is 120 Å². The van der Waals surface area contributed by atoms with Crippen molar-refractivity contribution < 1.29 is 9.63 Å². The van der Waals surface area contributed by atoms with Crippen LogP contribution in [-0.4, -0.2) is 16.5 Å². The number of ketones is 1. The van der Waals surface area contributed by atoms with Crippen LogP contribution in [0.15, 0.2) is 109 Å². The predicted molar refractivity (Wildman–Crippen MR) is 117 cm³/mol. The minimum atomic E-state index is -0.534. The van der Waals surface area contributed by atoms with Gasteiger partial charge in [-0.05, 0) is 11.1 Å². The molecule has 1 aromatic heterocycles. The largest absolute Gasteiger partial charge is 0.386 e. The van der Waals surface area contributed by atoms with Crippen LogP contribution in [0.5, 0.6) is 0 Å². The van der Waals surface area contributed by atoms with Gasteiger partial charge < -0.3 is 9.82 Å². The van der Waals surface area contributed by atoms with Crippen molar-refractivity contribution in [2.75, 3.05) is 0 Å². The first-order valence-corrected chi connectivity index (χ1v) is 9.93. The van der Waals surface area contributed by atoms with E-state index in [1.165, 1.54) is 0 Å². The average molecular weight is 392 g/mol. The summed E-state index contributed by atoms with van der Waals surface area (Å²) in [5.41, 5.74) is 5.01. The highest BCUT2D eigenvalue weighted by atomic mass is 16.6. The SMILES string of the molecule is O=C(c1c[nH]cc1-c1ccccc1)C1C(c2ccccc2)=NOC1c1ccccc1. The molecule has 0 spiro atoms. The zero-order chi connectivity index (χ0) is 20.3. The molecule has 2 atom stereocenters. The predicted octanol–water partition coefficient (Wildman–Crippen LogP) is 5.66. The van der Waals surface area contributed by atoms with E-state index in [0.29, 0.717) is 11.3 Å². The fourth-order valence-corrected chi connectivity index (χ4v) is 3.97. The van der Waals surface area contributed by atoms with Crippen molar-refractivity contribution in [3.8, 4) is 11.1 Å². The highest BCUT2D eigenvalue weighted by Crippen LogP contribution is 2.38. The maximum absolute atomic E-state index is 13.9. The summed E-state index contributed by atoms with van der Waals surface area (Å²) in [5, 5.41) is 4.36. The molecule has 146 valence electrons. The number of carbonyl (C=O) groups is 1. The third kappa shape index (κ3) is 3.22. The Morgan fingerprint density at radius 1 is 0.767 bits per heavy atom. The van der Waals surface area contributed by atoms with E-state index in [4.69, 9.17) is 4.84 Å². The lowest BCUT2D eigenvalue weighted by molar-refractivity contribution is 0.0534. The van der Waals surface area contributed by atoms with Crippen LogP contribution in [-0.2, 0) is 4.84 Å². The molecular formula is C26H20N2O2. The van der Waals surface area contributed by atoms with E-state index in [1.54, 1.807) is 6.20 Å². The maximum Gasteiger partial charge on any atom is 0.178 e. The van der Waals surface area contributed by atoms with E-state index in [2.05, 4.69) is 10.1 Å². The van der Waals surface area contributed by atoms with Crippen LogP contribution in [0.3, 0.4) is 0 Å². The summed E-state index contributed by atoms with van der Waals surface area (Å²) < 4.78 is 0. The molecule has 5 rings (SSSR count). The molecule has 30 heavy (non-hydrogen) atoms. The first-order chi connectivity index (χ1) is 14.8. The minimum absolute atomic E-state index is 0.0101. The minimum Gasteiger partial charge on any atom is -0.386 e. The normalized spacial score (nSPS) is 17.9. The van der Waals surface area contributed by atoms with Gasteiger partial charge in [-0.3, -0.25) is 4.79 Å². The number of benzene rings is 3. The van der Waals surface area contributed by atoms with Gasteiger partial charge in [0.1, 0.15) is 11.6 Å². The number of aromatic nitrogens is 1. The standard InChI is InChI=1S/C26H20N2O2/c29-25(22-17-27-16-21(22)18-10-4-1-5-11-18)23-24(19-12-6-2-7-13-19)28-30-26(23)20-14-8-3-9-15-20/h1-17,23,26-27H. The Bertz CT molecular complexity index is 1180. The van der Waals surface area contributed by atoms with E-state index in [0.717, 1.165) is 22.3 Å². The van der Waals surface area contributed by atoms with E-state index >= 15 is 0 Å². The molecule has 0 aliphatic carbocycles. The number of H-pyrrole nitrogens is 1. The van der Waals surface area contributed by atoms with Gasteiger partial charge in [-0.1, -0.05) is 96.2 Å². The van der Waals surface area contributed by atoms with Crippen molar-refractivity contribution in [3.63, 3.8) is 0 Å². The van der Waals surface area contributed by atoms with Crippen LogP contribution in [0.25, 0.3) is 11.1 Å². The van der Waals surface area contributed by atoms with Gasteiger partial charge >= 0.3 is 0 Å². The third-order valence-electron chi connectivity index (χ3n) is 5.44. The second kappa shape index (κ2) is 7.84. The lowest BCUT2D eigenvalue weighted by atomic mass is 9.82. The molecule has 0 bridgehead atoms. The fraction of sp³-hybridized carbons (Fsp3) is 0.0769. The number of nitrogens with zero attached hydrogens (tertiary/aromatic N) is 1. The quantitative estimate of drug-likeness (QED) is 0.446. The molecule has 0 radical (unpaired) electrons. The van der Waals surface area contributed by atoms with Crippen molar-refractivity contribution in [1.82, 2.24) is 4.98 Å². The molecule has 4 heteroatoms. The number of hydrogen-bond donors (Lipinski definition) is 1. The topological polar surface area (TPSA) is 54.5 Å². The van der Waals surface area contributed by atoms with Crippen LogP contribution < -0.4 is 0 Å². The Kier molecular flexibility index (Phi) is 4.74. The Balaban J connectivity index is 1.59. The molecule has 1 aliphatic rings. The summed E-state index contributed by atoms with van der Waals surface area (Å²) in [4.78, 5) is 22.8. The summed E-state index contributed by atoms with van der Waals surface area (Å²) in [5.74, 6) is -0.544. The lowest BCUT2D eigenvalue weighted by Gasteiger charge is -2.19. The monoisotopic (exact) mass is 392 g/mol. The molecule has 1 aliphatic heterocycles. The summed E-state index contributed by atoms with van der Waals surface area (Å²) in [7, 11) is 0. The number of rotatable bonds is 5. The maximum atomic E-state index is 13.9. The van der Waals surface area contributed by atoms with E-state index in [1.807, 2.05) is 97.2 Å². The first-order valence-electron chi connectivity index (χ1n) is 9.93. The van der Waals surface area contributed by atoms with E-state index in [9.17, 15) is 4.79 Å². The Hall–Kier alpha value is -3.92. The molecule has 3 aromatic carbocycles. The van der Waals surface area contributed by atoms with Crippen molar-refractivity contribution in [1.29, 1.82) is 0 Å². The van der Waals surface area contributed by atoms with Crippen LogP contribution in [0, 0.1) is 5.92 Å². The van der Waals surface area contributed by atoms with Crippen LogP contribution in [0.1, 0.15) is 27.6 Å². The van der Waals surface area contributed by atoms with Crippen molar-refractivity contribution in [2.24, 2.45) is 11.1 Å². The summed E-state index contributed by atoms with van der Waals surface area (Å²) >= 11 is 0. The first kappa shape index (κ1) is 18.1. The van der Waals surface area contributed by atoms with Gasteiger partial charge in [0.25, 0.3) is 0 Å². The second-order valence-electron chi connectivity index (χ2n) is 7.27. The third-order valence-corrected chi connectivity index (χ3v) is 5.44. The highest BCUT2D eigenvalue weighted by molar-refractivity contribution is 6.20. The average Bonchev–Trinajstić information content (AvgIpc) is 3.48. The summed E-state index contributed by atoms with van der Waals surface area (Å²) in [6.07, 6.45) is 3.18. The van der Waals surface area contributed by atoms with Crippen molar-refractivity contribution >= 4 is 11.5 Å². The Morgan fingerprint density at radius 2 is 1.37 bits per heavy atom. The highest BCUT2D eigenvalue weighted by Gasteiger charge is 2.42. The molecule has 4 nitrogen and oxygen atoms in total. The van der Waals surface area contributed by atoms with E-state index in [-0.39, 0.29) is 5.78 Å². The van der Waals surface area contributed by atoms with Crippen LogP contribution >= 0.6 is 0 Å². The molecule has 2 heterocycles. The fourth-order valence-electron chi connectivity index (χ4n) is 3.97. The number of aromatic amines is 1. The number of carbonyl (C=O) groups excluding carboxylic acids is 1. The molecule has 0 saturated carbocycles. The van der Waals surface area contributed by atoms with Gasteiger partial charge in [-0.15, -0.1) is 0 Å². The van der Waals surface area contributed by atoms with E-state index < -0.39 is 12.0 Å². The van der Waals surface area contributed by atoms with Gasteiger partial charge in [0, 0.05) is 29.1 Å². The number of oxime groups is 1. The molecule has 0 fully saturated rings. The van der Waals surface area contributed by atoms with Gasteiger partial charge in [-0.25, -0.2) is 0 Å². The van der Waals surface area contributed by atoms with Gasteiger partial charge in [-0.2, -0.15) is 0 Å². The second-order valence-corrected chi connectivity index (χ2v) is 7.27. The van der Waals surface area contributed by atoms with Crippen LogP contribution in [0.2, 0.25) is 0 Å². The summed E-state index contributed by atoms with van der Waals surface area (Å²) in [6.45, 7) is 0. The van der Waals surface area contributed by atoms with Crippen LogP contribution in [0.4, 0.5) is 0 Å². The molecule has 0 amide bonds. The molecular weight excluding hydrogens is 372 g/mol. The zero-order valence-electron chi connectivity index (χ0n) is 16.2. The number of Topliss-reactive ketones (excluding diaryl/α,β-unsaturated/α-hetero) is 1. The number of hydrogen-bond acceptors (Lipinski definition) is 3. The van der Waals surface area contributed by atoms with Gasteiger partial charge in [0.05, 0.1) is 0 Å².